The van der Waals surface area contributed by atoms with E-state index in [0.29, 0.717) is 5.75 Å². The Kier molecular flexibility index (Phi) is 3.87. The second-order valence-corrected chi connectivity index (χ2v) is 6.74. The smallest absolute Gasteiger partial charge is 0.265 e. The number of rotatable bonds is 3. The predicted molar refractivity (Wildman–Crippen MR) is 48.6 cm³/mol. The molecule has 0 aliphatic heterocycles. The lowest BCUT2D eigenvalue weighted by molar-refractivity contribution is 0.485. The third-order valence-corrected chi connectivity index (χ3v) is 3.13. The van der Waals surface area contributed by atoms with E-state index < -0.39 is 10.1 Å². The van der Waals surface area contributed by atoms with Crippen LogP contribution in [0.1, 0.15) is 20.8 Å². The van der Waals surface area contributed by atoms with Gasteiger partial charge < -0.3 is 0 Å². The fourth-order valence-corrected chi connectivity index (χ4v) is 2.24. The molecule has 0 unspecified atom stereocenters. The average molecular weight is 198 g/mol. The molecule has 1 N–H and O–H groups in total. The summed E-state index contributed by atoms with van der Waals surface area (Å²) in [4.78, 5) is 0. The third kappa shape index (κ3) is 10.3. The van der Waals surface area contributed by atoms with Crippen LogP contribution in [0.5, 0.6) is 0 Å². The normalized spacial score (nSPS) is 13.5. The molecule has 0 aromatic carbocycles. The van der Waals surface area contributed by atoms with E-state index in [4.69, 9.17) is 4.55 Å². The first-order valence-corrected chi connectivity index (χ1v) is 5.89. The molecule has 0 heterocycles. The van der Waals surface area contributed by atoms with Gasteiger partial charge in [-0.05, 0) is 0 Å². The van der Waals surface area contributed by atoms with Crippen molar-refractivity contribution in [2.75, 3.05) is 11.5 Å². The Balaban J connectivity index is 3.61. The molecule has 0 aliphatic rings. The van der Waals surface area contributed by atoms with Gasteiger partial charge in [-0.2, -0.15) is 20.2 Å². The summed E-state index contributed by atoms with van der Waals surface area (Å²) in [6, 6.07) is 0. The fraction of sp³-hybridized carbons (Fsp3) is 1.00. The standard InChI is InChI=1S/C6H14O3S2/c1-6(2,3)10-4-5-11(7,8)9/h4-5H2,1-3H3,(H,7,8,9). The van der Waals surface area contributed by atoms with Gasteiger partial charge in [0.05, 0.1) is 5.75 Å². The largest absolute Gasteiger partial charge is 0.286 e. The summed E-state index contributed by atoms with van der Waals surface area (Å²) in [5, 5.41) is 0. The first kappa shape index (κ1) is 11.3. The molecule has 5 heteroatoms. The minimum absolute atomic E-state index is 0.0602. The van der Waals surface area contributed by atoms with Crippen molar-refractivity contribution in [3.05, 3.63) is 0 Å². The molecule has 0 rings (SSSR count). The van der Waals surface area contributed by atoms with Crippen LogP contribution >= 0.6 is 11.8 Å². The van der Waals surface area contributed by atoms with Gasteiger partial charge in [0.2, 0.25) is 0 Å². The Morgan fingerprint density at radius 2 is 1.82 bits per heavy atom. The zero-order valence-electron chi connectivity index (χ0n) is 6.99. The summed E-state index contributed by atoms with van der Waals surface area (Å²) in [5.74, 6) is 0.289. The molecular weight excluding hydrogens is 184 g/mol. The number of thioether (sulfide) groups is 1. The van der Waals surface area contributed by atoms with Gasteiger partial charge in [-0.1, -0.05) is 20.8 Å². The second-order valence-electron chi connectivity index (χ2n) is 3.25. The van der Waals surface area contributed by atoms with Crippen LogP contribution in [-0.2, 0) is 10.1 Å². The highest BCUT2D eigenvalue weighted by Gasteiger charge is 2.12. The molecule has 0 aromatic heterocycles. The van der Waals surface area contributed by atoms with Crippen LogP contribution in [0.4, 0.5) is 0 Å². The van der Waals surface area contributed by atoms with E-state index in [2.05, 4.69) is 0 Å². The zero-order valence-corrected chi connectivity index (χ0v) is 8.63. The number of hydrogen-bond donors (Lipinski definition) is 1. The summed E-state index contributed by atoms with van der Waals surface area (Å²) < 4.78 is 29.0. The van der Waals surface area contributed by atoms with Crippen molar-refractivity contribution < 1.29 is 13.0 Å². The molecule has 0 radical (unpaired) electrons. The van der Waals surface area contributed by atoms with Crippen molar-refractivity contribution in [3.8, 4) is 0 Å². The summed E-state index contributed by atoms with van der Waals surface area (Å²) in [5.41, 5.74) is 0. The summed E-state index contributed by atoms with van der Waals surface area (Å²) >= 11 is 1.52. The topological polar surface area (TPSA) is 54.4 Å². The molecular formula is C6H14O3S2. The maximum atomic E-state index is 10.3. The molecule has 0 aliphatic carbocycles. The zero-order chi connectivity index (χ0) is 9.12. The summed E-state index contributed by atoms with van der Waals surface area (Å²) in [7, 11) is -3.77. The van der Waals surface area contributed by atoms with Crippen molar-refractivity contribution in [3.63, 3.8) is 0 Å². The van der Waals surface area contributed by atoms with E-state index >= 15 is 0 Å². The van der Waals surface area contributed by atoms with Gasteiger partial charge in [0.25, 0.3) is 10.1 Å². The van der Waals surface area contributed by atoms with Gasteiger partial charge in [0.1, 0.15) is 0 Å². The number of hydrogen-bond acceptors (Lipinski definition) is 3. The first-order chi connectivity index (χ1) is 4.71. The fourth-order valence-electron chi connectivity index (χ4n) is 0.453. The van der Waals surface area contributed by atoms with Crippen molar-refractivity contribution in [2.24, 2.45) is 0 Å². The molecule has 0 saturated carbocycles. The van der Waals surface area contributed by atoms with Gasteiger partial charge in [0.15, 0.2) is 0 Å². The highest BCUT2D eigenvalue weighted by atomic mass is 32.2. The molecule has 0 atom stereocenters. The minimum Gasteiger partial charge on any atom is -0.286 e. The highest BCUT2D eigenvalue weighted by Crippen LogP contribution is 2.22. The van der Waals surface area contributed by atoms with Gasteiger partial charge in [-0.15, -0.1) is 0 Å². The van der Waals surface area contributed by atoms with Crippen LogP contribution in [0, 0.1) is 0 Å². The lowest BCUT2D eigenvalue weighted by atomic mass is 10.3. The van der Waals surface area contributed by atoms with Crippen LogP contribution in [0.3, 0.4) is 0 Å². The second kappa shape index (κ2) is 3.78. The molecule has 0 amide bonds. The Hall–Kier alpha value is 0.260. The van der Waals surface area contributed by atoms with E-state index in [9.17, 15) is 8.42 Å². The Bertz CT molecular complexity index is 200. The van der Waals surface area contributed by atoms with Crippen molar-refractivity contribution >= 4 is 21.9 Å². The van der Waals surface area contributed by atoms with Gasteiger partial charge in [0, 0.05) is 10.5 Å². The molecule has 0 saturated heterocycles. The van der Waals surface area contributed by atoms with Crippen molar-refractivity contribution in [1.82, 2.24) is 0 Å². The van der Waals surface area contributed by atoms with E-state index in [-0.39, 0.29) is 10.5 Å². The third-order valence-electron chi connectivity index (χ3n) is 0.876. The first-order valence-electron chi connectivity index (χ1n) is 3.30. The quantitative estimate of drug-likeness (QED) is 0.697. The molecule has 0 aromatic rings. The van der Waals surface area contributed by atoms with E-state index in [1.165, 1.54) is 11.8 Å². The predicted octanol–water partition coefficient (Wildman–Crippen LogP) is 1.41. The van der Waals surface area contributed by atoms with E-state index in [0.717, 1.165) is 0 Å². The minimum atomic E-state index is -3.77. The molecule has 11 heavy (non-hydrogen) atoms. The Morgan fingerprint density at radius 1 is 1.36 bits per heavy atom. The van der Waals surface area contributed by atoms with Crippen LogP contribution < -0.4 is 0 Å². The molecule has 68 valence electrons. The molecule has 0 bridgehead atoms. The van der Waals surface area contributed by atoms with Crippen molar-refractivity contribution in [1.29, 1.82) is 0 Å². The van der Waals surface area contributed by atoms with Gasteiger partial charge in [-0.25, -0.2) is 0 Å². The Morgan fingerprint density at radius 3 is 2.09 bits per heavy atom. The Labute approximate surface area is 72.3 Å². The average Bonchev–Trinajstić information content (AvgIpc) is 1.55. The van der Waals surface area contributed by atoms with Crippen LogP contribution in [-0.4, -0.2) is 29.2 Å². The molecule has 0 fully saturated rings. The molecule has 0 spiro atoms. The van der Waals surface area contributed by atoms with Gasteiger partial charge in [-0.3, -0.25) is 4.55 Å². The summed E-state index contributed by atoms with van der Waals surface area (Å²) in [6.45, 7) is 6.00. The highest BCUT2D eigenvalue weighted by molar-refractivity contribution is 8.01. The van der Waals surface area contributed by atoms with Crippen LogP contribution in [0.2, 0.25) is 0 Å². The maximum absolute atomic E-state index is 10.3. The van der Waals surface area contributed by atoms with E-state index in [1.807, 2.05) is 20.8 Å². The summed E-state index contributed by atoms with van der Waals surface area (Å²) in [6.07, 6.45) is 0. The van der Waals surface area contributed by atoms with Crippen LogP contribution in [0.25, 0.3) is 0 Å². The SMILES string of the molecule is CC(C)(C)SCCS(=O)(=O)O. The monoisotopic (exact) mass is 198 g/mol. The lowest BCUT2D eigenvalue weighted by Gasteiger charge is -2.16. The lowest BCUT2D eigenvalue weighted by Crippen LogP contribution is -2.13. The van der Waals surface area contributed by atoms with Crippen molar-refractivity contribution in [2.45, 2.75) is 25.5 Å². The van der Waals surface area contributed by atoms with Crippen LogP contribution in [0.15, 0.2) is 0 Å². The maximum Gasteiger partial charge on any atom is 0.265 e. The molecule has 3 nitrogen and oxygen atoms in total. The van der Waals surface area contributed by atoms with E-state index in [1.54, 1.807) is 0 Å². The van der Waals surface area contributed by atoms with Gasteiger partial charge >= 0.3 is 0 Å².